The summed E-state index contributed by atoms with van der Waals surface area (Å²) >= 11 is 5.76. The summed E-state index contributed by atoms with van der Waals surface area (Å²) in [6, 6.07) is 4.67. The van der Waals surface area contributed by atoms with E-state index in [2.05, 4.69) is 4.99 Å². The molecule has 1 nitrogen and oxygen atoms in total. The zero-order chi connectivity index (χ0) is 11.6. The molecule has 0 heterocycles. The average Bonchev–Trinajstić information content (AvgIpc) is 2.11. The van der Waals surface area contributed by atoms with E-state index in [1.807, 2.05) is 0 Å². The first kappa shape index (κ1) is 12.0. The van der Waals surface area contributed by atoms with Crippen molar-refractivity contribution < 1.29 is 13.2 Å². The van der Waals surface area contributed by atoms with Crippen molar-refractivity contribution in [1.82, 2.24) is 0 Å². The smallest absolute Gasteiger partial charge is 0.248 e. The predicted octanol–water partition coefficient (Wildman–Crippen LogP) is 4.30. The van der Waals surface area contributed by atoms with Gasteiger partial charge in [-0.25, -0.2) is 4.99 Å². The van der Waals surface area contributed by atoms with Gasteiger partial charge in [-0.15, -0.1) is 0 Å². The molecule has 1 rings (SSSR count). The minimum absolute atomic E-state index is 0.248. The highest BCUT2D eigenvalue weighted by atomic mass is 35.5. The van der Waals surface area contributed by atoms with E-state index in [4.69, 9.17) is 11.6 Å². The lowest BCUT2D eigenvalue weighted by Gasteiger charge is -2.07. The van der Waals surface area contributed by atoms with Crippen LogP contribution in [0.3, 0.4) is 0 Å². The fourth-order valence-corrected chi connectivity index (χ4v) is 1.13. The molecule has 1 aromatic rings. The van der Waals surface area contributed by atoms with Gasteiger partial charge in [-0.1, -0.05) is 17.7 Å². The Labute approximate surface area is 90.6 Å². The van der Waals surface area contributed by atoms with Gasteiger partial charge in [-0.3, -0.25) is 0 Å². The van der Waals surface area contributed by atoms with E-state index >= 15 is 0 Å². The van der Waals surface area contributed by atoms with Crippen LogP contribution in [-0.4, -0.2) is 11.9 Å². The zero-order valence-electron chi connectivity index (χ0n) is 8.19. The Morgan fingerprint density at radius 2 is 1.93 bits per heavy atom. The van der Waals surface area contributed by atoms with Crippen molar-refractivity contribution in [1.29, 1.82) is 0 Å². The lowest BCUT2D eigenvalue weighted by molar-refractivity contribution is -0.0591. The van der Waals surface area contributed by atoms with Crippen LogP contribution in [0.4, 0.5) is 18.9 Å². The molecule has 0 fully saturated rings. The van der Waals surface area contributed by atoms with Crippen molar-refractivity contribution in [2.75, 3.05) is 0 Å². The molecule has 0 atom stereocenters. The Morgan fingerprint density at radius 3 is 2.47 bits per heavy atom. The van der Waals surface area contributed by atoms with Crippen LogP contribution in [-0.2, 0) is 0 Å². The second-order valence-corrected chi connectivity index (χ2v) is 3.49. The van der Waals surface area contributed by atoms with Gasteiger partial charge in [0.1, 0.15) is 5.71 Å². The highest BCUT2D eigenvalue weighted by Gasteiger charge is 2.31. The minimum Gasteiger partial charge on any atom is -0.248 e. The summed E-state index contributed by atoms with van der Waals surface area (Å²) in [6.07, 6.45) is -4.39. The molecule has 0 bridgehead atoms. The normalized spacial score (nSPS) is 13.1. The summed E-state index contributed by atoms with van der Waals surface area (Å²) < 4.78 is 36.6. The number of hydrogen-bond acceptors (Lipinski definition) is 1. The summed E-state index contributed by atoms with van der Waals surface area (Å²) in [5.74, 6) is 0. The third-order valence-electron chi connectivity index (χ3n) is 1.94. The van der Waals surface area contributed by atoms with Crippen molar-refractivity contribution in [3.63, 3.8) is 0 Å². The van der Waals surface area contributed by atoms with Gasteiger partial charge < -0.3 is 0 Å². The quantitative estimate of drug-likeness (QED) is 0.644. The molecule has 0 unspecified atom stereocenters. The molecule has 0 N–H and O–H groups in total. The molecule has 0 amide bonds. The monoisotopic (exact) mass is 235 g/mol. The van der Waals surface area contributed by atoms with E-state index in [-0.39, 0.29) is 5.69 Å². The maximum atomic E-state index is 12.2. The summed E-state index contributed by atoms with van der Waals surface area (Å²) in [5, 5.41) is 0.409. The van der Waals surface area contributed by atoms with Crippen LogP contribution in [0, 0.1) is 6.92 Å². The van der Waals surface area contributed by atoms with Crippen molar-refractivity contribution in [2.45, 2.75) is 20.0 Å². The fraction of sp³-hybridized carbons (Fsp3) is 0.300. The molecule has 0 saturated heterocycles. The molecular weight excluding hydrogens is 227 g/mol. The highest BCUT2D eigenvalue weighted by molar-refractivity contribution is 6.31. The van der Waals surface area contributed by atoms with Crippen molar-refractivity contribution in [3.8, 4) is 0 Å². The van der Waals surface area contributed by atoms with Crippen molar-refractivity contribution in [2.24, 2.45) is 4.99 Å². The largest absolute Gasteiger partial charge is 0.429 e. The van der Waals surface area contributed by atoms with E-state index in [9.17, 15) is 13.2 Å². The third-order valence-corrected chi connectivity index (χ3v) is 2.35. The fourth-order valence-electron chi connectivity index (χ4n) is 0.961. The molecule has 0 aliphatic rings. The maximum absolute atomic E-state index is 12.2. The number of alkyl halides is 3. The summed E-state index contributed by atoms with van der Waals surface area (Å²) in [6.45, 7) is 2.56. The van der Waals surface area contributed by atoms with Crippen molar-refractivity contribution >= 4 is 23.0 Å². The molecule has 5 heteroatoms. The summed E-state index contributed by atoms with van der Waals surface area (Å²) in [5.41, 5.74) is -0.0899. The van der Waals surface area contributed by atoms with E-state index in [0.29, 0.717) is 10.6 Å². The van der Waals surface area contributed by atoms with Gasteiger partial charge >= 0.3 is 6.18 Å². The number of rotatable bonds is 1. The minimum atomic E-state index is -4.39. The van der Waals surface area contributed by atoms with Crippen LogP contribution in [0.15, 0.2) is 23.2 Å². The van der Waals surface area contributed by atoms with Gasteiger partial charge in [0.25, 0.3) is 0 Å². The molecule has 1 aromatic carbocycles. The van der Waals surface area contributed by atoms with Crippen LogP contribution in [0.1, 0.15) is 12.5 Å². The molecule has 0 aromatic heterocycles. The Hall–Kier alpha value is -1.03. The average molecular weight is 236 g/mol. The summed E-state index contributed by atoms with van der Waals surface area (Å²) in [7, 11) is 0. The first-order chi connectivity index (χ1) is 6.82. The third kappa shape index (κ3) is 2.96. The van der Waals surface area contributed by atoms with Gasteiger partial charge in [-0.2, -0.15) is 13.2 Å². The molecule has 82 valence electrons. The second-order valence-electron chi connectivity index (χ2n) is 3.08. The molecule has 0 aliphatic heterocycles. The lowest BCUT2D eigenvalue weighted by Crippen LogP contribution is -2.18. The van der Waals surface area contributed by atoms with Crippen molar-refractivity contribution in [3.05, 3.63) is 28.8 Å². The molecule has 0 radical (unpaired) electrons. The zero-order valence-corrected chi connectivity index (χ0v) is 8.95. The van der Waals surface area contributed by atoms with Crippen LogP contribution >= 0.6 is 11.6 Å². The van der Waals surface area contributed by atoms with E-state index in [1.54, 1.807) is 19.1 Å². The standard InChI is InChI=1S/C10H9ClF3N/c1-6-8(11)4-3-5-9(6)15-7(2)10(12,13)14/h3-5H,1-2H3. The van der Waals surface area contributed by atoms with Crippen LogP contribution in [0.2, 0.25) is 5.02 Å². The van der Waals surface area contributed by atoms with Gasteiger partial charge in [0.15, 0.2) is 0 Å². The van der Waals surface area contributed by atoms with Gasteiger partial charge in [0, 0.05) is 5.02 Å². The Balaban J connectivity index is 3.15. The van der Waals surface area contributed by atoms with Gasteiger partial charge in [-0.05, 0) is 31.5 Å². The van der Waals surface area contributed by atoms with E-state index < -0.39 is 11.9 Å². The van der Waals surface area contributed by atoms with Crippen LogP contribution in [0.25, 0.3) is 0 Å². The van der Waals surface area contributed by atoms with Gasteiger partial charge in [0.2, 0.25) is 0 Å². The lowest BCUT2D eigenvalue weighted by atomic mass is 10.2. The maximum Gasteiger partial charge on any atom is 0.429 e. The number of aliphatic imine (C=N–C) groups is 1. The SMILES string of the molecule is CC(=Nc1cccc(Cl)c1C)C(F)(F)F. The topological polar surface area (TPSA) is 12.4 Å². The van der Waals surface area contributed by atoms with Crippen LogP contribution < -0.4 is 0 Å². The Kier molecular flexibility index (Phi) is 3.39. The van der Waals surface area contributed by atoms with E-state index in [1.165, 1.54) is 6.07 Å². The number of nitrogens with zero attached hydrogens (tertiary/aromatic N) is 1. The first-order valence-electron chi connectivity index (χ1n) is 4.20. The number of benzene rings is 1. The molecule has 0 aliphatic carbocycles. The Morgan fingerprint density at radius 1 is 1.33 bits per heavy atom. The summed E-state index contributed by atoms with van der Waals surface area (Å²) in [4.78, 5) is 3.50. The highest BCUT2D eigenvalue weighted by Crippen LogP contribution is 2.28. The molecule has 0 spiro atoms. The van der Waals surface area contributed by atoms with E-state index in [0.717, 1.165) is 6.92 Å². The second kappa shape index (κ2) is 4.23. The molecule has 0 saturated carbocycles. The van der Waals surface area contributed by atoms with Crippen LogP contribution in [0.5, 0.6) is 0 Å². The molecular formula is C10H9ClF3N. The number of hydrogen-bond donors (Lipinski definition) is 0. The molecule has 15 heavy (non-hydrogen) atoms. The Bertz CT molecular complexity index is 396. The predicted molar refractivity (Wildman–Crippen MR) is 55.0 cm³/mol. The number of halogens is 4. The first-order valence-corrected chi connectivity index (χ1v) is 4.58. The van der Waals surface area contributed by atoms with Gasteiger partial charge in [0.05, 0.1) is 5.69 Å².